The van der Waals surface area contributed by atoms with Gasteiger partial charge >= 0.3 is 0 Å². The average Bonchev–Trinajstić information content (AvgIpc) is 2.66. The highest BCUT2D eigenvalue weighted by atomic mass is 35.5. The van der Waals surface area contributed by atoms with Crippen LogP contribution < -0.4 is 5.32 Å². The number of hydrogen-bond donors (Lipinski definition) is 1. The van der Waals surface area contributed by atoms with E-state index in [1.807, 2.05) is 0 Å². The van der Waals surface area contributed by atoms with Crippen LogP contribution in [0.2, 0.25) is 5.02 Å². The number of benzene rings is 1. The van der Waals surface area contributed by atoms with Crippen LogP contribution in [0.1, 0.15) is 46.0 Å². The lowest BCUT2D eigenvalue weighted by Gasteiger charge is -2.36. The van der Waals surface area contributed by atoms with E-state index in [0.29, 0.717) is 42.8 Å². The summed E-state index contributed by atoms with van der Waals surface area (Å²) in [6.45, 7) is 5.22. The van der Waals surface area contributed by atoms with E-state index in [4.69, 9.17) is 11.6 Å². The number of halogens is 1. The van der Waals surface area contributed by atoms with Gasteiger partial charge in [0.25, 0.3) is 0 Å². The lowest BCUT2D eigenvalue weighted by molar-refractivity contribution is -0.127. The first kappa shape index (κ1) is 20.6. The topological polar surface area (TPSA) is 66.5 Å². The molecule has 2 aliphatic rings. The van der Waals surface area contributed by atoms with Gasteiger partial charge in [-0.25, -0.2) is 8.42 Å². The van der Waals surface area contributed by atoms with Gasteiger partial charge in [-0.2, -0.15) is 4.31 Å². The van der Waals surface area contributed by atoms with E-state index in [1.165, 1.54) is 22.9 Å². The monoisotopic (exact) mass is 412 g/mol. The lowest BCUT2D eigenvalue weighted by atomic mass is 9.78. The Morgan fingerprint density at radius 2 is 1.70 bits per heavy atom. The molecule has 7 heteroatoms. The molecule has 1 aromatic rings. The van der Waals surface area contributed by atoms with Crippen LogP contribution in [0.3, 0.4) is 0 Å². The van der Waals surface area contributed by atoms with Crippen LogP contribution in [0.5, 0.6) is 0 Å². The molecule has 5 nitrogen and oxygen atoms in total. The third-order valence-corrected chi connectivity index (χ3v) is 8.48. The number of hydrogen-bond acceptors (Lipinski definition) is 3. The van der Waals surface area contributed by atoms with Crippen molar-refractivity contribution in [2.75, 3.05) is 13.1 Å². The summed E-state index contributed by atoms with van der Waals surface area (Å²) in [7, 11) is -3.53. The summed E-state index contributed by atoms with van der Waals surface area (Å²) in [6, 6.07) is 6.48. The van der Waals surface area contributed by atoms with Crippen molar-refractivity contribution in [3.63, 3.8) is 0 Å². The zero-order chi connectivity index (χ0) is 19.6. The number of amides is 1. The molecule has 3 atom stereocenters. The Morgan fingerprint density at radius 1 is 1.07 bits per heavy atom. The van der Waals surface area contributed by atoms with Crippen LogP contribution in [0.15, 0.2) is 29.2 Å². The molecule has 1 amide bonds. The molecule has 1 aliphatic heterocycles. The van der Waals surface area contributed by atoms with E-state index >= 15 is 0 Å². The Balaban J connectivity index is 1.56. The minimum absolute atomic E-state index is 0.0875. The Labute approximate surface area is 167 Å². The smallest absolute Gasteiger partial charge is 0.243 e. The maximum absolute atomic E-state index is 12.8. The zero-order valence-electron chi connectivity index (χ0n) is 16.0. The van der Waals surface area contributed by atoms with E-state index in [-0.39, 0.29) is 22.8 Å². The molecule has 1 heterocycles. The fourth-order valence-corrected chi connectivity index (χ4v) is 5.80. The average molecular weight is 413 g/mol. The second-order valence-corrected chi connectivity index (χ2v) is 10.4. The van der Waals surface area contributed by atoms with Gasteiger partial charge in [0, 0.05) is 30.1 Å². The van der Waals surface area contributed by atoms with Gasteiger partial charge in [-0.3, -0.25) is 4.79 Å². The van der Waals surface area contributed by atoms with Gasteiger partial charge in [0.05, 0.1) is 4.90 Å². The minimum Gasteiger partial charge on any atom is -0.353 e. The molecular formula is C20H29ClN2O3S. The van der Waals surface area contributed by atoms with Crippen molar-refractivity contribution in [1.29, 1.82) is 0 Å². The Hall–Kier alpha value is -1.11. The molecular weight excluding hydrogens is 384 g/mol. The van der Waals surface area contributed by atoms with Crippen LogP contribution in [0.4, 0.5) is 0 Å². The van der Waals surface area contributed by atoms with Gasteiger partial charge in [0.15, 0.2) is 0 Å². The predicted octanol–water partition coefficient (Wildman–Crippen LogP) is 3.68. The third kappa shape index (κ3) is 4.66. The van der Waals surface area contributed by atoms with Crippen molar-refractivity contribution in [3.05, 3.63) is 29.3 Å². The number of nitrogens with zero attached hydrogens (tertiary/aromatic N) is 1. The molecule has 1 saturated heterocycles. The van der Waals surface area contributed by atoms with Crippen molar-refractivity contribution in [3.8, 4) is 0 Å². The molecule has 0 bridgehead atoms. The van der Waals surface area contributed by atoms with Gasteiger partial charge in [0.2, 0.25) is 15.9 Å². The van der Waals surface area contributed by atoms with Gasteiger partial charge in [-0.15, -0.1) is 0 Å². The SMILES string of the molecule is CC1CCCC(NC(=O)C2CCN(S(=O)(=O)c3ccc(Cl)cc3)CC2)C1C. The van der Waals surface area contributed by atoms with Crippen LogP contribution in [-0.4, -0.2) is 37.8 Å². The molecule has 1 aromatic carbocycles. The number of nitrogens with one attached hydrogen (secondary N) is 1. The number of carbonyl (C=O) groups is 1. The van der Waals surface area contributed by atoms with Gasteiger partial charge in [-0.05, 0) is 55.4 Å². The molecule has 3 rings (SSSR count). The fraction of sp³-hybridized carbons (Fsp3) is 0.650. The predicted molar refractivity (Wildman–Crippen MR) is 107 cm³/mol. The summed E-state index contributed by atoms with van der Waals surface area (Å²) in [5.74, 6) is 1.11. The Kier molecular flexibility index (Phi) is 6.49. The first-order valence-corrected chi connectivity index (χ1v) is 11.7. The molecule has 0 spiro atoms. The van der Waals surface area contributed by atoms with Crippen molar-refractivity contribution in [1.82, 2.24) is 9.62 Å². The van der Waals surface area contributed by atoms with Gasteiger partial charge in [0.1, 0.15) is 0 Å². The molecule has 2 fully saturated rings. The van der Waals surface area contributed by atoms with E-state index in [9.17, 15) is 13.2 Å². The summed E-state index contributed by atoms with van der Waals surface area (Å²) in [5, 5.41) is 3.75. The van der Waals surface area contributed by atoms with Crippen molar-refractivity contribution < 1.29 is 13.2 Å². The number of piperidine rings is 1. The highest BCUT2D eigenvalue weighted by Gasteiger charge is 2.34. The van der Waals surface area contributed by atoms with Gasteiger partial charge < -0.3 is 5.32 Å². The Morgan fingerprint density at radius 3 is 2.33 bits per heavy atom. The quantitative estimate of drug-likeness (QED) is 0.820. The lowest BCUT2D eigenvalue weighted by Crippen LogP contribution is -2.48. The van der Waals surface area contributed by atoms with Crippen molar-refractivity contribution in [2.45, 2.75) is 56.9 Å². The van der Waals surface area contributed by atoms with Crippen LogP contribution in [0, 0.1) is 17.8 Å². The molecule has 150 valence electrons. The van der Waals surface area contributed by atoms with E-state index in [1.54, 1.807) is 12.1 Å². The standard InChI is InChI=1S/C20H29ClN2O3S/c1-14-4-3-5-19(15(14)2)22-20(24)16-10-12-23(13-11-16)27(25,26)18-8-6-17(21)7-9-18/h6-9,14-16,19H,3-5,10-13H2,1-2H3,(H,22,24). The molecule has 0 aromatic heterocycles. The number of rotatable bonds is 4. The maximum atomic E-state index is 12.8. The van der Waals surface area contributed by atoms with Crippen molar-refractivity contribution >= 4 is 27.5 Å². The highest BCUT2D eigenvalue weighted by Crippen LogP contribution is 2.30. The maximum Gasteiger partial charge on any atom is 0.243 e. The van der Waals surface area contributed by atoms with Crippen LogP contribution in [-0.2, 0) is 14.8 Å². The molecule has 1 saturated carbocycles. The second-order valence-electron chi connectivity index (χ2n) is 8.01. The highest BCUT2D eigenvalue weighted by molar-refractivity contribution is 7.89. The molecule has 0 radical (unpaired) electrons. The van der Waals surface area contributed by atoms with Gasteiger partial charge in [-0.1, -0.05) is 38.3 Å². The van der Waals surface area contributed by atoms with E-state index < -0.39 is 10.0 Å². The normalized spacial score (nSPS) is 28.0. The summed E-state index contributed by atoms with van der Waals surface area (Å²) in [6.07, 6.45) is 4.56. The molecule has 3 unspecified atom stereocenters. The summed E-state index contributed by atoms with van der Waals surface area (Å²) in [4.78, 5) is 12.9. The number of carbonyl (C=O) groups excluding carboxylic acids is 1. The summed E-state index contributed by atoms with van der Waals surface area (Å²) in [5.41, 5.74) is 0. The summed E-state index contributed by atoms with van der Waals surface area (Å²) < 4.78 is 27.0. The summed E-state index contributed by atoms with van der Waals surface area (Å²) >= 11 is 5.85. The largest absolute Gasteiger partial charge is 0.353 e. The third-order valence-electron chi connectivity index (χ3n) is 6.31. The van der Waals surface area contributed by atoms with E-state index in [2.05, 4.69) is 19.2 Å². The second kappa shape index (κ2) is 8.50. The van der Waals surface area contributed by atoms with Crippen molar-refractivity contribution in [2.24, 2.45) is 17.8 Å². The van der Waals surface area contributed by atoms with E-state index in [0.717, 1.165) is 12.8 Å². The van der Waals surface area contributed by atoms with Crippen LogP contribution >= 0.6 is 11.6 Å². The first-order chi connectivity index (χ1) is 12.8. The fourth-order valence-electron chi connectivity index (χ4n) is 4.20. The molecule has 27 heavy (non-hydrogen) atoms. The molecule has 1 aliphatic carbocycles. The van der Waals surface area contributed by atoms with Crippen LogP contribution in [0.25, 0.3) is 0 Å². The number of sulfonamides is 1. The minimum atomic E-state index is -3.53. The Bertz CT molecular complexity index is 758. The zero-order valence-corrected chi connectivity index (χ0v) is 17.6. The first-order valence-electron chi connectivity index (χ1n) is 9.85. The molecule has 1 N–H and O–H groups in total.